The minimum absolute atomic E-state index is 0.0284. The number of hydrogen-bond donors (Lipinski definition) is 1. The van der Waals surface area contributed by atoms with Crippen molar-refractivity contribution >= 4 is 17.3 Å². The summed E-state index contributed by atoms with van der Waals surface area (Å²) in [7, 11) is 0. The summed E-state index contributed by atoms with van der Waals surface area (Å²) in [5.41, 5.74) is 5.78. The van der Waals surface area contributed by atoms with Crippen molar-refractivity contribution in [1.82, 2.24) is 20.2 Å². The maximum Gasteiger partial charge on any atom is 0.166 e. The Hall–Kier alpha value is -1.69. The van der Waals surface area contributed by atoms with E-state index in [0.29, 0.717) is 5.69 Å². The number of halogens is 2. The van der Waals surface area contributed by atoms with Gasteiger partial charge in [0.2, 0.25) is 0 Å². The van der Waals surface area contributed by atoms with E-state index >= 15 is 0 Å². The number of nitrogens with zero attached hydrogens (tertiary/aromatic N) is 4. The SMILES string of the molecule is Nc1c(-n2cnnn2)ccc(Cl)c1F. The lowest BCUT2D eigenvalue weighted by molar-refractivity contribution is 0.630. The van der Waals surface area contributed by atoms with Gasteiger partial charge < -0.3 is 5.73 Å². The molecule has 2 N–H and O–H groups in total. The van der Waals surface area contributed by atoms with Crippen molar-refractivity contribution in [3.8, 4) is 5.69 Å². The summed E-state index contributed by atoms with van der Waals surface area (Å²) >= 11 is 5.53. The first-order valence-electron chi connectivity index (χ1n) is 3.67. The van der Waals surface area contributed by atoms with Crippen LogP contribution in [-0.2, 0) is 0 Å². The van der Waals surface area contributed by atoms with Crippen LogP contribution >= 0.6 is 11.6 Å². The Morgan fingerprint density at radius 2 is 2.21 bits per heavy atom. The third-order valence-electron chi connectivity index (χ3n) is 1.71. The van der Waals surface area contributed by atoms with Gasteiger partial charge in [0.25, 0.3) is 0 Å². The predicted molar refractivity (Wildman–Crippen MR) is 48.5 cm³/mol. The van der Waals surface area contributed by atoms with Crippen LogP contribution in [0.4, 0.5) is 10.1 Å². The first kappa shape index (κ1) is 8.89. The third-order valence-corrected chi connectivity index (χ3v) is 2.00. The maximum absolute atomic E-state index is 13.2. The molecule has 14 heavy (non-hydrogen) atoms. The minimum Gasteiger partial charge on any atom is -0.395 e. The molecule has 7 heteroatoms. The number of nitrogens with two attached hydrogens (primary N) is 1. The van der Waals surface area contributed by atoms with Gasteiger partial charge in [0.1, 0.15) is 6.33 Å². The van der Waals surface area contributed by atoms with Crippen LogP contribution < -0.4 is 5.73 Å². The van der Waals surface area contributed by atoms with E-state index in [1.165, 1.54) is 23.1 Å². The zero-order valence-corrected chi connectivity index (χ0v) is 7.61. The highest BCUT2D eigenvalue weighted by molar-refractivity contribution is 6.31. The summed E-state index contributed by atoms with van der Waals surface area (Å²) in [6, 6.07) is 2.93. The molecule has 0 aliphatic rings. The molecule has 0 unspecified atom stereocenters. The van der Waals surface area contributed by atoms with E-state index in [1.807, 2.05) is 0 Å². The molecule has 5 nitrogen and oxygen atoms in total. The second kappa shape index (κ2) is 3.22. The first-order chi connectivity index (χ1) is 6.70. The van der Waals surface area contributed by atoms with Crippen molar-refractivity contribution in [2.24, 2.45) is 0 Å². The Morgan fingerprint density at radius 3 is 2.86 bits per heavy atom. The number of aromatic nitrogens is 4. The Balaban J connectivity index is 2.61. The highest BCUT2D eigenvalue weighted by Gasteiger charge is 2.10. The van der Waals surface area contributed by atoms with E-state index in [4.69, 9.17) is 17.3 Å². The van der Waals surface area contributed by atoms with Gasteiger partial charge in [-0.15, -0.1) is 5.10 Å². The van der Waals surface area contributed by atoms with E-state index in [9.17, 15) is 4.39 Å². The molecule has 0 radical (unpaired) electrons. The van der Waals surface area contributed by atoms with Gasteiger partial charge in [-0.2, -0.15) is 4.68 Å². The van der Waals surface area contributed by atoms with Crippen LogP contribution in [0.25, 0.3) is 5.69 Å². The summed E-state index contributed by atoms with van der Waals surface area (Å²) in [6.45, 7) is 0. The third kappa shape index (κ3) is 1.29. The molecule has 0 saturated heterocycles. The Labute approximate surface area is 83.3 Å². The topological polar surface area (TPSA) is 69.6 Å². The monoisotopic (exact) mass is 213 g/mol. The van der Waals surface area contributed by atoms with E-state index in [0.717, 1.165) is 0 Å². The number of rotatable bonds is 1. The average molecular weight is 214 g/mol. The van der Waals surface area contributed by atoms with Crippen LogP contribution in [-0.4, -0.2) is 20.2 Å². The van der Waals surface area contributed by atoms with E-state index < -0.39 is 5.82 Å². The van der Waals surface area contributed by atoms with Gasteiger partial charge in [0.05, 0.1) is 16.4 Å². The zero-order chi connectivity index (χ0) is 10.1. The normalized spacial score (nSPS) is 10.4. The summed E-state index contributed by atoms with van der Waals surface area (Å²) < 4.78 is 14.5. The van der Waals surface area contributed by atoms with Gasteiger partial charge in [-0.05, 0) is 22.6 Å². The molecule has 0 spiro atoms. The van der Waals surface area contributed by atoms with Gasteiger partial charge >= 0.3 is 0 Å². The lowest BCUT2D eigenvalue weighted by Gasteiger charge is -2.05. The quantitative estimate of drug-likeness (QED) is 0.719. The highest BCUT2D eigenvalue weighted by Crippen LogP contribution is 2.25. The Bertz CT molecular complexity index is 455. The van der Waals surface area contributed by atoms with Crippen LogP contribution in [0.3, 0.4) is 0 Å². The fourth-order valence-corrected chi connectivity index (χ4v) is 1.19. The van der Waals surface area contributed by atoms with Gasteiger partial charge in [0.15, 0.2) is 5.82 Å². The van der Waals surface area contributed by atoms with Crippen LogP contribution in [0.1, 0.15) is 0 Å². The van der Waals surface area contributed by atoms with Crippen LogP contribution in [0, 0.1) is 5.82 Å². The molecule has 0 bridgehead atoms. The molecule has 1 aromatic heterocycles. The molecule has 0 aliphatic heterocycles. The highest BCUT2D eigenvalue weighted by atomic mass is 35.5. The minimum atomic E-state index is -0.667. The fourth-order valence-electron chi connectivity index (χ4n) is 1.03. The Kier molecular flexibility index (Phi) is 2.05. The number of anilines is 1. The van der Waals surface area contributed by atoms with Crippen molar-refractivity contribution in [3.63, 3.8) is 0 Å². The van der Waals surface area contributed by atoms with Crippen molar-refractivity contribution in [2.75, 3.05) is 5.73 Å². The lowest BCUT2D eigenvalue weighted by atomic mass is 10.2. The molecule has 1 heterocycles. The largest absolute Gasteiger partial charge is 0.395 e. The lowest BCUT2D eigenvalue weighted by Crippen LogP contribution is -2.03. The second-order valence-corrected chi connectivity index (χ2v) is 2.96. The Morgan fingerprint density at radius 1 is 1.43 bits per heavy atom. The average Bonchev–Trinajstić information content (AvgIpc) is 2.67. The van der Waals surface area contributed by atoms with Gasteiger partial charge in [-0.1, -0.05) is 11.6 Å². The maximum atomic E-state index is 13.2. The summed E-state index contributed by atoms with van der Waals surface area (Å²) in [5, 5.41) is 10.4. The molecule has 0 fully saturated rings. The van der Waals surface area contributed by atoms with Crippen LogP contribution in [0.2, 0.25) is 5.02 Å². The molecule has 0 aliphatic carbocycles. The predicted octanol–water partition coefficient (Wildman–Crippen LogP) is 1.04. The molecule has 72 valence electrons. The molecule has 0 atom stereocenters. The number of benzene rings is 1. The van der Waals surface area contributed by atoms with E-state index in [1.54, 1.807) is 0 Å². The summed E-state index contributed by atoms with van der Waals surface area (Å²) in [5.74, 6) is -0.667. The van der Waals surface area contributed by atoms with Crippen molar-refractivity contribution in [3.05, 3.63) is 29.3 Å². The van der Waals surface area contributed by atoms with Crippen LogP contribution in [0.15, 0.2) is 18.5 Å². The van der Waals surface area contributed by atoms with Crippen molar-refractivity contribution in [1.29, 1.82) is 0 Å². The zero-order valence-electron chi connectivity index (χ0n) is 6.85. The number of hydrogen-bond acceptors (Lipinski definition) is 4. The molecular formula is C7H5ClFN5. The molecule has 1 aromatic carbocycles. The molecule has 2 aromatic rings. The number of nitrogen functional groups attached to an aromatic ring is 1. The summed E-state index contributed by atoms with van der Waals surface area (Å²) in [6.07, 6.45) is 1.32. The molecule has 0 saturated carbocycles. The first-order valence-corrected chi connectivity index (χ1v) is 4.05. The van der Waals surface area contributed by atoms with Crippen molar-refractivity contribution < 1.29 is 4.39 Å². The van der Waals surface area contributed by atoms with E-state index in [-0.39, 0.29) is 10.7 Å². The van der Waals surface area contributed by atoms with Gasteiger partial charge in [-0.3, -0.25) is 0 Å². The molecule has 0 amide bonds. The smallest absolute Gasteiger partial charge is 0.166 e. The molecular weight excluding hydrogens is 209 g/mol. The number of tetrazole rings is 1. The van der Waals surface area contributed by atoms with Gasteiger partial charge in [0, 0.05) is 0 Å². The van der Waals surface area contributed by atoms with Crippen LogP contribution in [0.5, 0.6) is 0 Å². The van der Waals surface area contributed by atoms with E-state index in [2.05, 4.69) is 15.5 Å². The second-order valence-electron chi connectivity index (χ2n) is 2.55. The molecule has 2 rings (SSSR count). The van der Waals surface area contributed by atoms with Gasteiger partial charge in [-0.25, -0.2) is 4.39 Å². The summed E-state index contributed by atoms with van der Waals surface area (Å²) in [4.78, 5) is 0. The van der Waals surface area contributed by atoms with Crippen molar-refractivity contribution in [2.45, 2.75) is 0 Å². The standard InChI is InChI=1S/C7H5ClFN5/c8-4-1-2-5(7(10)6(4)9)14-3-11-12-13-14/h1-3H,10H2. The fraction of sp³-hybridized carbons (Fsp3) is 0.